The summed E-state index contributed by atoms with van der Waals surface area (Å²) in [5, 5.41) is 0. The number of carbonyl (C=O) groups excluding carboxylic acids is 1. The van der Waals surface area contributed by atoms with Crippen molar-refractivity contribution in [3.8, 4) is 5.75 Å². The van der Waals surface area contributed by atoms with Crippen LogP contribution in [0.25, 0.3) is 0 Å². The summed E-state index contributed by atoms with van der Waals surface area (Å²) >= 11 is 0. The van der Waals surface area contributed by atoms with Crippen molar-refractivity contribution in [2.24, 2.45) is 0 Å². The molecule has 0 aliphatic carbocycles. The maximum Gasteiger partial charge on any atom is 0.123 e. The van der Waals surface area contributed by atoms with Crippen LogP contribution >= 0.6 is 0 Å². The van der Waals surface area contributed by atoms with E-state index in [9.17, 15) is 4.79 Å². The van der Waals surface area contributed by atoms with E-state index in [1.807, 2.05) is 0 Å². The van der Waals surface area contributed by atoms with Crippen LogP contribution in [0.3, 0.4) is 0 Å². The third-order valence-electron chi connectivity index (χ3n) is 3.29. The molecule has 0 bridgehead atoms. The number of unbranched alkanes of at least 4 members (excludes halogenated alkanes) is 1. The Morgan fingerprint density at radius 1 is 1.41 bits per heavy atom. The van der Waals surface area contributed by atoms with Crippen molar-refractivity contribution in [3.05, 3.63) is 29.3 Å². The fraction of sp³-hybridized carbons (Fsp3) is 0.533. The minimum atomic E-state index is -0.0357. The largest absolute Gasteiger partial charge is 0.488 e. The Bertz CT molecular complexity index is 407. The molecule has 0 aromatic heterocycles. The molecule has 0 unspecified atom stereocenters. The molecular formula is C15H20O2. The van der Waals surface area contributed by atoms with Crippen molar-refractivity contribution < 1.29 is 9.53 Å². The lowest BCUT2D eigenvalue weighted by molar-refractivity contribution is -0.107. The van der Waals surface area contributed by atoms with Gasteiger partial charge in [-0.3, -0.25) is 0 Å². The molecule has 17 heavy (non-hydrogen) atoms. The molecule has 1 heterocycles. The van der Waals surface area contributed by atoms with Gasteiger partial charge in [-0.25, -0.2) is 0 Å². The Labute approximate surface area is 103 Å². The molecule has 1 aliphatic heterocycles. The zero-order valence-corrected chi connectivity index (χ0v) is 10.7. The zero-order valence-electron chi connectivity index (χ0n) is 10.7. The number of hydrogen-bond acceptors (Lipinski definition) is 2. The van der Waals surface area contributed by atoms with E-state index in [4.69, 9.17) is 4.74 Å². The quantitative estimate of drug-likeness (QED) is 0.588. The van der Waals surface area contributed by atoms with Crippen LogP contribution in [-0.2, 0) is 17.6 Å². The summed E-state index contributed by atoms with van der Waals surface area (Å²) in [6, 6.07) is 6.42. The highest BCUT2D eigenvalue weighted by molar-refractivity contribution is 5.49. The molecule has 0 saturated carbocycles. The third-order valence-corrected chi connectivity index (χ3v) is 3.29. The van der Waals surface area contributed by atoms with E-state index in [0.717, 1.165) is 37.7 Å². The van der Waals surface area contributed by atoms with E-state index in [1.54, 1.807) is 0 Å². The molecule has 0 fully saturated rings. The predicted octanol–water partition coefficient (Wildman–Crippen LogP) is 3.31. The zero-order chi connectivity index (χ0) is 12.3. The molecule has 0 radical (unpaired) electrons. The van der Waals surface area contributed by atoms with Crippen LogP contribution in [0.1, 0.15) is 44.2 Å². The lowest BCUT2D eigenvalue weighted by atomic mass is 9.92. The van der Waals surface area contributed by atoms with Crippen molar-refractivity contribution in [1.29, 1.82) is 0 Å². The minimum Gasteiger partial charge on any atom is -0.488 e. The molecule has 2 heteroatoms. The predicted molar refractivity (Wildman–Crippen MR) is 68.5 cm³/mol. The van der Waals surface area contributed by atoms with Crippen LogP contribution in [0, 0.1) is 0 Å². The lowest BCUT2D eigenvalue weighted by Crippen LogP contribution is -2.32. The number of fused-ring (bicyclic) bond motifs is 1. The van der Waals surface area contributed by atoms with E-state index in [0.29, 0.717) is 6.42 Å². The molecule has 0 saturated heterocycles. The maximum atomic E-state index is 10.3. The maximum absolute atomic E-state index is 10.3. The van der Waals surface area contributed by atoms with Gasteiger partial charge in [-0.15, -0.1) is 0 Å². The summed E-state index contributed by atoms with van der Waals surface area (Å²) in [5.74, 6) is 1.03. The van der Waals surface area contributed by atoms with Crippen molar-refractivity contribution in [1.82, 2.24) is 0 Å². The molecule has 0 atom stereocenters. The van der Waals surface area contributed by atoms with Crippen molar-refractivity contribution in [2.75, 3.05) is 0 Å². The van der Waals surface area contributed by atoms with Gasteiger partial charge in [0.05, 0.1) is 0 Å². The number of benzene rings is 1. The van der Waals surface area contributed by atoms with Crippen LogP contribution in [0.15, 0.2) is 18.2 Å². The molecule has 2 nitrogen and oxygen atoms in total. The first kappa shape index (κ1) is 12.2. The van der Waals surface area contributed by atoms with Crippen LogP contribution in [0.2, 0.25) is 0 Å². The highest BCUT2D eigenvalue weighted by atomic mass is 16.5. The van der Waals surface area contributed by atoms with Gasteiger partial charge in [0.25, 0.3) is 0 Å². The van der Waals surface area contributed by atoms with E-state index in [2.05, 4.69) is 32.0 Å². The first-order chi connectivity index (χ1) is 8.11. The number of ether oxygens (including phenoxy) is 1. The van der Waals surface area contributed by atoms with Crippen molar-refractivity contribution >= 4 is 6.29 Å². The van der Waals surface area contributed by atoms with E-state index in [-0.39, 0.29) is 5.60 Å². The Hall–Kier alpha value is -1.31. The van der Waals surface area contributed by atoms with Gasteiger partial charge in [0, 0.05) is 6.42 Å². The SMILES string of the molecule is CC1(C)CCc2cc(CCCC=O)ccc2O1. The average molecular weight is 232 g/mol. The van der Waals surface area contributed by atoms with Gasteiger partial charge < -0.3 is 9.53 Å². The average Bonchev–Trinajstić information content (AvgIpc) is 2.29. The summed E-state index contributed by atoms with van der Waals surface area (Å²) < 4.78 is 5.94. The first-order valence-electron chi connectivity index (χ1n) is 6.35. The monoisotopic (exact) mass is 232 g/mol. The van der Waals surface area contributed by atoms with Crippen LogP contribution in [0.5, 0.6) is 5.75 Å². The van der Waals surface area contributed by atoms with Crippen molar-refractivity contribution in [2.45, 2.75) is 51.6 Å². The molecule has 1 aliphatic rings. The number of carbonyl (C=O) groups is 1. The van der Waals surface area contributed by atoms with E-state index >= 15 is 0 Å². The van der Waals surface area contributed by atoms with E-state index < -0.39 is 0 Å². The summed E-state index contributed by atoms with van der Waals surface area (Å²) in [5.41, 5.74) is 2.59. The van der Waals surface area contributed by atoms with Gasteiger partial charge in [0.1, 0.15) is 17.6 Å². The van der Waals surface area contributed by atoms with Gasteiger partial charge in [-0.2, -0.15) is 0 Å². The van der Waals surface area contributed by atoms with Crippen LogP contribution in [0.4, 0.5) is 0 Å². The van der Waals surface area contributed by atoms with Gasteiger partial charge in [-0.1, -0.05) is 12.1 Å². The first-order valence-corrected chi connectivity index (χ1v) is 6.35. The topological polar surface area (TPSA) is 26.3 Å². The van der Waals surface area contributed by atoms with Crippen LogP contribution < -0.4 is 4.74 Å². The summed E-state index contributed by atoms with van der Waals surface area (Å²) in [4.78, 5) is 10.3. The van der Waals surface area contributed by atoms with Crippen LogP contribution in [-0.4, -0.2) is 11.9 Å². The molecule has 92 valence electrons. The molecular weight excluding hydrogens is 212 g/mol. The van der Waals surface area contributed by atoms with E-state index in [1.165, 1.54) is 11.1 Å². The molecule has 2 rings (SSSR count). The van der Waals surface area contributed by atoms with Gasteiger partial charge in [0.2, 0.25) is 0 Å². The van der Waals surface area contributed by atoms with Gasteiger partial charge in [0.15, 0.2) is 0 Å². The highest BCUT2D eigenvalue weighted by Gasteiger charge is 2.26. The van der Waals surface area contributed by atoms with Crippen molar-refractivity contribution in [3.63, 3.8) is 0 Å². The summed E-state index contributed by atoms with van der Waals surface area (Å²) in [7, 11) is 0. The Morgan fingerprint density at radius 2 is 2.24 bits per heavy atom. The molecule has 0 N–H and O–H groups in total. The second-order valence-corrected chi connectivity index (χ2v) is 5.36. The second-order valence-electron chi connectivity index (χ2n) is 5.36. The molecule has 1 aromatic rings. The molecule has 0 amide bonds. The number of rotatable bonds is 4. The standard InChI is InChI=1S/C15H20O2/c1-15(2)9-8-13-11-12(5-3-4-10-16)6-7-14(13)17-15/h6-7,10-11H,3-5,8-9H2,1-2H3. The number of aldehydes is 1. The Morgan fingerprint density at radius 3 is 3.00 bits per heavy atom. The fourth-order valence-corrected chi connectivity index (χ4v) is 2.26. The number of hydrogen-bond donors (Lipinski definition) is 0. The Balaban J connectivity index is 2.07. The summed E-state index contributed by atoms with van der Waals surface area (Å²) in [6.07, 6.45) is 5.72. The smallest absolute Gasteiger partial charge is 0.123 e. The molecule has 1 aromatic carbocycles. The normalized spacial score (nSPS) is 17.1. The summed E-state index contributed by atoms with van der Waals surface area (Å²) in [6.45, 7) is 4.27. The molecule has 0 spiro atoms. The lowest BCUT2D eigenvalue weighted by Gasteiger charge is -2.32. The minimum absolute atomic E-state index is 0.0357. The van der Waals surface area contributed by atoms with Gasteiger partial charge in [-0.05, 0) is 56.7 Å². The number of aryl methyl sites for hydroxylation is 2. The fourth-order valence-electron chi connectivity index (χ4n) is 2.26. The second kappa shape index (κ2) is 4.91. The highest BCUT2D eigenvalue weighted by Crippen LogP contribution is 2.33. The third kappa shape index (κ3) is 3.09. The van der Waals surface area contributed by atoms with Gasteiger partial charge >= 0.3 is 0 Å². The Kier molecular flexibility index (Phi) is 3.51.